The summed E-state index contributed by atoms with van der Waals surface area (Å²) in [6, 6.07) is 7.97. The Labute approximate surface area is 119 Å². The number of cyclic esters (lactones) is 1. The Kier molecular flexibility index (Phi) is 5.24. The molecular formula is C15H22N2O3. The lowest BCUT2D eigenvalue weighted by atomic mass is 10.2. The van der Waals surface area contributed by atoms with Gasteiger partial charge < -0.3 is 20.1 Å². The first-order chi connectivity index (χ1) is 9.63. The summed E-state index contributed by atoms with van der Waals surface area (Å²) in [5, 5.41) is 5.99. The van der Waals surface area contributed by atoms with E-state index in [0.29, 0.717) is 19.1 Å². The van der Waals surface area contributed by atoms with E-state index in [1.54, 1.807) is 0 Å². The number of hydrogen-bond acceptors (Lipinski definition) is 4. The predicted octanol–water partition coefficient (Wildman–Crippen LogP) is 1.92. The average Bonchev–Trinajstić information content (AvgIpc) is 2.83. The molecular weight excluding hydrogens is 256 g/mol. The molecule has 1 aromatic carbocycles. The number of carbonyl (C=O) groups is 1. The third kappa shape index (κ3) is 4.74. The van der Waals surface area contributed by atoms with Crippen LogP contribution in [-0.2, 0) is 11.3 Å². The molecule has 5 nitrogen and oxygen atoms in total. The molecule has 0 radical (unpaired) electrons. The normalized spacial score (nSPS) is 17.9. The lowest BCUT2D eigenvalue weighted by Crippen LogP contribution is -2.22. The van der Waals surface area contributed by atoms with Crippen molar-refractivity contribution in [2.24, 2.45) is 5.92 Å². The van der Waals surface area contributed by atoms with Crippen LogP contribution in [0, 0.1) is 5.92 Å². The van der Waals surface area contributed by atoms with E-state index in [1.165, 1.54) is 5.56 Å². The average molecular weight is 278 g/mol. The van der Waals surface area contributed by atoms with Crippen LogP contribution in [0.1, 0.15) is 19.4 Å². The van der Waals surface area contributed by atoms with Crippen molar-refractivity contribution in [3.05, 3.63) is 29.8 Å². The van der Waals surface area contributed by atoms with Crippen LogP contribution in [0.25, 0.3) is 0 Å². The van der Waals surface area contributed by atoms with E-state index in [-0.39, 0.29) is 12.2 Å². The maximum Gasteiger partial charge on any atom is 0.407 e. The fourth-order valence-electron chi connectivity index (χ4n) is 1.92. The molecule has 0 aromatic heterocycles. The Morgan fingerprint density at radius 1 is 1.40 bits per heavy atom. The van der Waals surface area contributed by atoms with Crippen LogP contribution < -0.4 is 15.4 Å². The molecule has 1 aliphatic rings. The quantitative estimate of drug-likeness (QED) is 0.800. The zero-order chi connectivity index (χ0) is 14.4. The van der Waals surface area contributed by atoms with Crippen molar-refractivity contribution in [2.75, 3.05) is 19.7 Å². The highest BCUT2D eigenvalue weighted by atomic mass is 16.6. The minimum atomic E-state index is -0.370. The van der Waals surface area contributed by atoms with Gasteiger partial charge in [-0.15, -0.1) is 0 Å². The summed E-state index contributed by atoms with van der Waals surface area (Å²) >= 11 is 0. The molecule has 2 N–H and O–H groups in total. The van der Waals surface area contributed by atoms with E-state index >= 15 is 0 Å². The van der Waals surface area contributed by atoms with E-state index in [9.17, 15) is 4.79 Å². The number of hydrogen-bond donors (Lipinski definition) is 2. The van der Waals surface area contributed by atoms with Crippen molar-refractivity contribution >= 4 is 6.09 Å². The molecule has 110 valence electrons. The fourth-order valence-corrected chi connectivity index (χ4v) is 1.92. The number of carbonyl (C=O) groups excluding carboxylic acids is 1. The number of amides is 1. The second-order valence-electron chi connectivity index (χ2n) is 5.39. The molecule has 1 aromatic rings. The zero-order valence-corrected chi connectivity index (χ0v) is 12.0. The zero-order valence-electron chi connectivity index (χ0n) is 12.0. The minimum Gasteiger partial charge on any atom is -0.490 e. The SMILES string of the molecule is CC(C)CNCc1ccc(OCC2CNC(=O)O2)cc1. The monoisotopic (exact) mass is 278 g/mol. The largest absolute Gasteiger partial charge is 0.490 e. The van der Waals surface area contributed by atoms with Crippen LogP contribution in [-0.4, -0.2) is 31.9 Å². The highest BCUT2D eigenvalue weighted by Gasteiger charge is 2.22. The van der Waals surface area contributed by atoms with Gasteiger partial charge in [0, 0.05) is 6.54 Å². The minimum absolute atomic E-state index is 0.199. The van der Waals surface area contributed by atoms with Gasteiger partial charge in [-0.1, -0.05) is 26.0 Å². The number of rotatable bonds is 7. The molecule has 0 spiro atoms. The van der Waals surface area contributed by atoms with Gasteiger partial charge in [0.05, 0.1) is 6.54 Å². The van der Waals surface area contributed by atoms with Gasteiger partial charge in [0.15, 0.2) is 6.10 Å². The van der Waals surface area contributed by atoms with Gasteiger partial charge in [0.2, 0.25) is 0 Å². The number of nitrogens with one attached hydrogen (secondary N) is 2. The second kappa shape index (κ2) is 7.14. The molecule has 0 bridgehead atoms. The molecule has 5 heteroatoms. The van der Waals surface area contributed by atoms with Gasteiger partial charge >= 0.3 is 6.09 Å². The summed E-state index contributed by atoms with van der Waals surface area (Å²) in [5.74, 6) is 1.45. The van der Waals surface area contributed by atoms with Gasteiger partial charge in [0.25, 0.3) is 0 Å². The number of ether oxygens (including phenoxy) is 2. The maximum absolute atomic E-state index is 10.9. The summed E-state index contributed by atoms with van der Waals surface area (Å²) in [6.07, 6.45) is -0.569. The van der Waals surface area contributed by atoms with Crippen LogP contribution in [0.2, 0.25) is 0 Å². The lowest BCUT2D eigenvalue weighted by molar-refractivity contribution is 0.105. The Hall–Kier alpha value is -1.75. The standard InChI is InChI=1S/C15H22N2O3/c1-11(2)7-16-8-12-3-5-13(6-4-12)19-10-14-9-17-15(18)20-14/h3-6,11,14,16H,7-10H2,1-2H3,(H,17,18). The summed E-state index contributed by atoms with van der Waals surface area (Å²) < 4.78 is 10.6. The van der Waals surface area contributed by atoms with Crippen molar-refractivity contribution in [1.82, 2.24) is 10.6 Å². The predicted molar refractivity (Wildman–Crippen MR) is 76.8 cm³/mol. The van der Waals surface area contributed by atoms with Crippen LogP contribution in [0.15, 0.2) is 24.3 Å². The van der Waals surface area contributed by atoms with Crippen LogP contribution in [0.5, 0.6) is 5.75 Å². The Bertz CT molecular complexity index is 431. The van der Waals surface area contributed by atoms with Crippen molar-refractivity contribution in [3.8, 4) is 5.75 Å². The third-order valence-electron chi connectivity index (χ3n) is 2.99. The molecule has 0 saturated carbocycles. The van der Waals surface area contributed by atoms with E-state index in [4.69, 9.17) is 9.47 Å². The first kappa shape index (κ1) is 14.7. The van der Waals surface area contributed by atoms with Crippen molar-refractivity contribution in [3.63, 3.8) is 0 Å². The number of benzene rings is 1. The molecule has 1 fully saturated rings. The van der Waals surface area contributed by atoms with Gasteiger partial charge in [-0.25, -0.2) is 4.79 Å². The molecule has 1 saturated heterocycles. The maximum atomic E-state index is 10.9. The number of alkyl carbamates (subject to hydrolysis) is 1. The first-order valence-corrected chi connectivity index (χ1v) is 7.00. The topological polar surface area (TPSA) is 59.6 Å². The van der Waals surface area contributed by atoms with Crippen LogP contribution in [0.3, 0.4) is 0 Å². The van der Waals surface area contributed by atoms with Crippen molar-refractivity contribution < 1.29 is 14.3 Å². The van der Waals surface area contributed by atoms with Gasteiger partial charge in [0.1, 0.15) is 12.4 Å². The van der Waals surface area contributed by atoms with E-state index < -0.39 is 0 Å². The van der Waals surface area contributed by atoms with Crippen molar-refractivity contribution in [1.29, 1.82) is 0 Å². The molecule has 1 heterocycles. The lowest BCUT2D eigenvalue weighted by Gasteiger charge is -2.11. The highest BCUT2D eigenvalue weighted by Crippen LogP contribution is 2.13. The van der Waals surface area contributed by atoms with E-state index in [1.807, 2.05) is 24.3 Å². The van der Waals surface area contributed by atoms with E-state index in [0.717, 1.165) is 18.8 Å². The molecule has 20 heavy (non-hydrogen) atoms. The summed E-state index contributed by atoms with van der Waals surface area (Å²) in [6.45, 7) is 7.14. The fraction of sp³-hybridized carbons (Fsp3) is 0.533. The van der Waals surface area contributed by atoms with E-state index in [2.05, 4.69) is 24.5 Å². The molecule has 1 amide bonds. The Morgan fingerprint density at radius 3 is 2.75 bits per heavy atom. The molecule has 0 aliphatic carbocycles. The highest BCUT2D eigenvalue weighted by molar-refractivity contribution is 5.69. The Balaban J connectivity index is 1.72. The summed E-state index contributed by atoms with van der Waals surface area (Å²) in [5.41, 5.74) is 1.23. The summed E-state index contributed by atoms with van der Waals surface area (Å²) in [7, 11) is 0. The first-order valence-electron chi connectivity index (χ1n) is 7.00. The molecule has 1 unspecified atom stereocenters. The second-order valence-corrected chi connectivity index (χ2v) is 5.39. The molecule has 1 aliphatic heterocycles. The van der Waals surface area contributed by atoms with Crippen molar-refractivity contribution in [2.45, 2.75) is 26.5 Å². The smallest absolute Gasteiger partial charge is 0.407 e. The molecule has 1 atom stereocenters. The molecule has 2 rings (SSSR count). The van der Waals surface area contributed by atoms with Gasteiger partial charge in [-0.05, 0) is 30.2 Å². The van der Waals surface area contributed by atoms with Gasteiger partial charge in [-0.3, -0.25) is 0 Å². The third-order valence-corrected chi connectivity index (χ3v) is 2.99. The van der Waals surface area contributed by atoms with Crippen LogP contribution >= 0.6 is 0 Å². The van der Waals surface area contributed by atoms with Gasteiger partial charge in [-0.2, -0.15) is 0 Å². The summed E-state index contributed by atoms with van der Waals surface area (Å²) in [4.78, 5) is 10.9. The Morgan fingerprint density at radius 2 is 2.15 bits per heavy atom. The van der Waals surface area contributed by atoms with Crippen LogP contribution in [0.4, 0.5) is 4.79 Å².